The summed E-state index contributed by atoms with van der Waals surface area (Å²) >= 11 is 0. The predicted molar refractivity (Wildman–Crippen MR) is 199 cm³/mol. The van der Waals surface area contributed by atoms with E-state index in [9.17, 15) is 24.0 Å². The first-order chi connectivity index (χ1) is 25.4. The molecule has 1 aliphatic heterocycles. The summed E-state index contributed by atoms with van der Waals surface area (Å²) in [6.45, 7) is 18.8. The van der Waals surface area contributed by atoms with E-state index in [2.05, 4.69) is 41.5 Å². The first kappa shape index (κ1) is 42.4. The molecular formula is C43H66O11. The first-order valence-electron chi connectivity index (χ1n) is 20.6. The van der Waals surface area contributed by atoms with E-state index in [0.29, 0.717) is 36.5 Å². The largest absolute Gasteiger partial charge is 0.463 e. The molecule has 0 radical (unpaired) electrons. The van der Waals surface area contributed by atoms with Crippen LogP contribution in [0.25, 0.3) is 0 Å². The molecule has 0 bridgehead atoms. The van der Waals surface area contributed by atoms with E-state index in [0.717, 1.165) is 37.2 Å². The Labute approximate surface area is 322 Å². The summed E-state index contributed by atoms with van der Waals surface area (Å²) in [4.78, 5) is 62.9. The molecule has 304 valence electrons. The molecule has 0 aromatic rings. The zero-order valence-corrected chi connectivity index (χ0v) is 34.4. The molecule has 0 amide bonds. The summed E-state index contributed by atoms with van der Waals surface area (Å²) < 4.78 is 34.8. The number of ether oxygens (including phenoxy) is 6. The Morgan fingerprint density at radius 2 is 1.46 bits per heavy atom. The van der Waals surface area contributed by atoms with Crippen molar-refractivity contribution in [3.8, 4) is 0 Å². The highest BCUT2D eigenvalue weighted by Crippen LogP contribution is 2.67. The molecule has 11 heteroatoms. The maximum atomic E-state index is 14.3. The molecule has 1 heterocycles. The second kappa shape index (κ2) is 17.1. The van der Waals surface area contributed by atoms with Gasteiger partial charge >= 0.3 is 23.9 Å². The number of hydrogen-bond acceptors (Lipinski definition) is 11. The van der Waals surface area contributed by atoms with Crippen molar-refractivity contribution in [2.24, 2.45) is 52.3 Å². The lowest BCUT2D eigenvalue weighted by atomic mass is 9.46. The number of esters is 4. The van der Waals surface area contributed by atoms with Gasteiger partial charge in [-0.1, -0.05) is 60.0 Å². The van der Waals surface area contributed by atoms with E-state index >= 15 is 0 Å². The lowest BCUT2D eigenvalue weighted by molar-refractivity contribution is -0.318. The van der Waals surface area contributed by atoms with Gasteiger partial charge < -0.3 is 28.4 Å². The highest BCUT2D eigenvalue weighted by molar-refractivity contribution is 5.94. The number of carbonyl (C=O) groups is 5. The fourth-order valence-electron chi connectivity index (χ4n) is 11.6. The van der Waals surface area contributed by atoms with E-state index in [1.165, 1.54) is 53.4 Å². The second-order valence-electron chi connectivity index (χ2n) is 18.0. The van der Waals surface area contributed by atoms with Crippen LogP contribution in [0.2, 0.25) is 0 Å². The minimum Gasteiger partial charge on any atom is -0.463 e. The van der Waals surface area contributed by atoms with Crippen LogP contribution < -0.4 is 0 Å². The van der Waals surface area contributed by atoms with Crippen LogP contribution in [0.4, 0.5) is 0 Å². The van der Waals surface area contributed by atoms with Crippen molar-refractivity contribution in [1.29, 1.82) is 0 Å². The van der Waals surface area contributed by atoms with Gasteiger partial charge in [-0.25, -0.2) is 0 Å². The van der Waals surface area contributed by atoms with Gasteiger partial charge in [-0.05, 0) is 104 Å². The van der Waals surface area contributed by atoms with Crippen molar-refractivity contribution in [3.63, 3.8) is 0 Å². The third-order valence-corrected chi connectivity index (χ3v) is 14.4. The van der Waals surface area contributed by atoms with Crippen LogP contribution in [0.3, 0.4) is 0 Å². The molecule has 4 fully saturated rings. The van der Waals surface area contributed by atoms with E-state index in [-0.39, 0.29) is 35.1 Å². The van der Waals surface area contributed by atoms with Gasteiger partial charge in [-0.2, -0.15) is 0 Å². The predicted octanol–water partition coefficient (Wildman–Crippen LogP) is 7.31. The lowest BCUT2D eigenvalue weighted by Gasteiger charge is -2.58. The monoisotopic (exact) mass is 758 g/mol. The molecule has 14 atom stereocenters. The third-order valence-electron chi connectivity index (χ3n) is 14.4. The molecule has 0 aromatic heterocycles. The molecule has 4 aliphatic carbocycles. The van der Waals surface area contributed by atoms with Gasteiger partial charge in [0, 0.05) is 33.6 Å². The Bertz CT molecular complexity index is 1440. The molecule has 11 nitrogen and oxygen atoms in total. The quantitative estimate of drug-likeness (QED) is 0.138. The van der Waals surface area contributed by atoms with E-state index < -0.39 is 60.7 Å². The summed E-state index contributed by atoms with van der Waals surface area (Å²) in [5, 5.41) is 0. The van der Waals surface area contributed by atoms with Crippen molar-refractivity contribution in [1.82, 2.24) is 0 Å². The molecule has 54 heavy (non-hydrogen) atoms. The normalized spacial score (nSPS) is 38.6. The van der Waals surface area contributed by atoms with Crippen molar-refractivity contribution < 1.29 is 52.4 Å². The smallest absolute Gasteiger partial charge is 0.303 e. The zero-order valence-electron chi connectivity index (χ0n) is 34.4. The Hall–Kier alpha value is -2.79. The SMILES string of the molecule is CC[C@H](CC[C@@H](C)[C@H]1CC[C@H]2[C@@H]3C(=O)C=C4C[C@@H](O[C@@H]5O[C@H](COC(C)=O)[C@@H](OC(C)=O)[C@H](OC(C)=O)[C@H]5OC(C)=O)CC[C@]4(C)[C@H]3CC[C@]12C)C(C)C. The summed E-state index contributed by atoms with van der Waals surface area (Å²) in [6.07, 6.45) is 5.63. The Balaban J connectivity index is 1.34. The van der Waals surface area contributed by atoms with Gasteiger partial charge in [0.1, 0.15) is 12.7 Å². The van der Waals surface area contributed by atoms with Crippen LogP contribution in [0.1, 0.15) is 133 Å². The van der Waals surface area contributed by atoms with E-state index in [1.807, 2.05) is 6.08 Å². The fourth-order valence-corrected chi connectivity index (χ4v) is 11.6. The average Bonchev–Trinajstić information content (AvgIpc) is 3.43. The molecule has 5 aliphatic rings. The standard InChI is InChI=1S/C43H66O11/c1-11-29(23(2)3)13-12-24(4)32-14-15-33-37-34(17-19-43(32,33)10)42(9)18-16-31(20-30(42)21-35(37)48)53-41-40(52-28(8)47)39(51-27(7)46)38(50-26(6)45)36(54-41)22-49-25(5)44/h21,23-24,29,31-34,36-41H,11-20,22H2,1-10H3/t24-,29-,31+,32-,33+,34+,36-,37+,38-,39+,40-,41-,42+,43-/m1/s1. The first-order valence-corrected chi connectivity index (χ1v) is 20.6. The fraction of sp³-hybridized carbons (Fsp3) is 0.837. The highest BCUT2D eigenvalue weighted by Gasteiger charge is 2.62. The summed E-state index contributed by atoms with van der Waals surface area (Å²) in [5.41, 5.74) is 1.12. The van der Waals surface area contributed by atoms with Crippen LogP contribution in [-0.4, -0.2) is 73.1 Å². The molecule has 0 aromatic carbocycles. The van der Waals surface area contributed by atoms with Crippen molar-refractivity contribution in [2.75, 3.05) is 6.61 Å². The number of rotatable bonds is 13. The van der Waals surface area contributed by atoms with E-state index in [4.69, 9.17) is 28.4 Å². The topological polar surface area (TPSA) is 141 Å². The highest BCUT2D eigenvalue weighted by atomic mass is 16.7. The van der Waals surface area contributed by atoms with Crippen LogP contribution >= 0.6 is 0 Å². The van der Waals surface area contributed by atoms with Crippen LogP contribution in [-0.2, 0) is 52.4 Å². The van der Waals surface area contributed by atoms with Crippen molar-refractivity contribution in [2.45, 2.75) is 170 Å². The van der Waals surface area contributed by atoms with Gasteiger partial charge in [0.2, 0.25) is 0 Å². The van der Waals surface area contributed by atoms with Crippen LogP contribution in [0.15, 0.2) is 11.6 Å². The Kier molecular flexibility index (Phi) is 13.4. The molecular weight excluding hydrogens is 692 g/mol. The minimum absolute atomic E-state index is 0.0333. The van der Waals surface area contributed by atoms with Gasteiger partial charge in [-0.3, -0.25) is 24.0 Å². The molecule has 3 saturated carbocycles. The third kappa shape index (κ3) is 8.77. The Morgan fingerprint density at radius 1 is 0.815 bits per heavy atom. The molecule has 0 spiro atoms. The number of ketones is 1. The Morgan fingerprint density at radius 3 is 2.07 bits per heavy atom. The van der Waals surface area contributed by atoms with Gasteiger partial charge in [0.05, 0.1) is 6.10 Å². The number of hydrogen-bond donors (Lipinski definition) is 0. The lowest BCUT2D eigenvalue weighted by Crippen LogP contribution is -2.63. The van der Waals surface area contributed by atoms with Crippen molar-refractivity contribution >= 4 is 29.7 Å². The van der Waals surface area contributed by atoms with Gasteiger partial charge in [-0.15, -0.1) is 0 Å². The number of allylic oxidation sites excluding steroid dienone is 1. The minimum atomic E-state index is -1.29. The molecule has 0 unspecified atom stereocenters. The number of carbonyl (C=O) groups excluding carboxylic acids is 5. The second-order valence-corrected chi connectivity index (χ2v) is 18.0. The van der Waals surface area contributed by atoms with Gasteiger partial charge in [0.15, 0.2) is 30.4 Å². The maximum absolute atomic E-state index is 14.3. The maximum Gasteiger partial charge on any atom is 0.303 e. The van der Waals surface area contributed by atoms with Crippen LogP contribution in [0.5, 0.6) is 0 Å². The average molecular weight is 759 g/mol. The van der Waals surface area contributed by atoms with E-state index in [1.54, 1.807) is 0 Å². The van der Waals surface area contributed by atoms with Gasteiger partial charge in [0.25, 0.3) is 0 Å². The summed E-state index contributed by atoms with van der Waals surface area (Å²) in [5.74, 6) is 1.06. The molecule has 1 saturated heterocycles. The summed E-state index contributed by atoms with van der Waals surface area (Å²) in [7, 11) is 0. The molecule has 0 N–H and O–H groups in total. The number of fused-ring (bicyclic) bond motifs is 5. The van der Waals surface area contributed by atoms with Crippen molar-refractivity contribution in [3.05, 3.63) is 11.6 Å². The zero-order chi connectivity index (χ0) is 39.7. The molecule has 5 rings (SSSR count). The summed E-state index contributed by atoms with van der Waals surface area (Å²) in [6, 6.07) is 0. The van der Waals surface area contributed by atoms with Crippen LogP contribution in [0, 0.1) is 52.3 Å².